The van der Waals surface area contributed by atoms with E-state index in [1.807, 2.05) is 0 Å². The SMILES string of the molecule is COc1nc2c(Oc3ccc(NC(=O)c4c(C)[nH]c(C)c(-c5ccc(F)cc5C)c4=O)cc3F)ccnc2cc1N. The van der Waals surface area contributed by atoms with E-state index in [0.717, 1.165) is 6.07 Å². The number of H-pyrrole nitrogens is 1. The standard InChI is InChI=1S/C30H25F2N5O4/c1-14-11-17(31)5-7-19(14)25-15(2)35-16(3)26(28(25)38)29(39)36-18-6-8-23(20(32)12-18)41-24-9-10-34-22-13-21(33)30(40-4)37-27(22)24/h5-13H,33H2,1-4H3,(H,35,38)(H,36,39). The van der Waals surface area contributed by atoms with Crippen molar-refractivity contribution in [2.45, 2.75) is 20.8 Å². The summed E-state index contributed by atoms with van der Waals surface area (Å²) in [5.74, 6) is -1.68. The molecule has 3 heterocycles. The van der Waals surface area contributed by atoms with Crippen molar-refractivity contribution in [1.29, 1.82) is 0 Å². The average Bonchev–Trinajstić information content (AvgIpc) is 2.91. The summed E-state index contributed by atoms with van der Waals surface area (Å²) in [4.78, 5) is 38.3. The van der Waals surface area contributed by atoms with Crippen LogP contribution in [0.1, 0.15) is 27.3 Å². The molecule has 0 radical (unpaired) electrons. The number of nitrogens with one attached hydrogen (secondary N) is 2. The molecule has 208 valence electrons. The predicted octanol–water partition coefficient (Wildman–Crippen LogP) is 5.82. The fraction of sp³-hybridized carbons (Fsp3) is 0.133. The molecule has 0 bridgehead atoms. The third-order valence-electron chi connectivity index (χ3n) is 6.54. The summed E-state index contributed by atoms with van der Waals surface area (Å²) >= 11 is 0. The number of carbonyl (C=O) groups is 1. The van der Waals surface area contributed by atoms with Gasteiger partial charge in [0.1, 0.15) is 16.9 Å². The minimum atomic E-state index is -0.771. The number of nitrogens with zero attached hydrogens (tertiary/aromatic N) is 2. The predicted molar refractivity (Wildman–Crippen MR) is 152 cm³/mol. The van der Waals surface area contributed by atoms with Gasteiger partial charge in [0, 0.05) is 41.0 Å². The van der Waals surface area contributed by atoms with Crippen LogP contribution in [0.4, 0.5) is 20.2 Å². The molecule has 0 atom stereocenters. The van der Waals surface area contributed by atoms with Gasteiger partial charge in [-0.05, 0) is 62.2 Å². The molecule has 5 aromatic rings. The van der Waals surface area contributed by atoms with E-state index in [1.54, 1.807) is 26.8 Å². The van der Waals surface area contributed by atoms with E-state index in [4.69, 9.17) is 15.2 Å². The Hall–Kier alpha value is -5.32. The number of ether oxygens (including phenoxy) is 2. The first kappa shape index (κ1) is 27.3. The molecule has 4 N–H and O–H groups in total. The van der Waals surface area contributed by atoms with Crippen LogP contribution in [0, 0.1) is 32.4 Å². The molecule has 9 nitrogen and oxygen atoms in total. The third-order valence-corrected chi connectivity index (χ3v) is 6.54. The Morgan fingerprint density at radius 1 is 1.00 bits per heavy atom. The lowest BCUT2D eigenvalue weighted by atomic mass is 9.96. The van der Waals surface area contributed by atoms with Crippen LogP contribution in [0.15, 0.2) is 59.5 Å². The van der Waals surface area contributed by atoms with Crippen molar-refractivity contribution in [2.75, 3.05) is 18.2 Å². The Bertz CT molecular complexity index is 1910. The number of aromatic nitrogens is 3. The molecule has 0 spiro atoms. The highest BCUT2D eigenvalue weighted by molar-refractivity contribution is 6.05. The van der Waals surface area contributed by atoms with Crippen LogP contribution in [0.3, 0.4) is 0 Å². The molecule has 2 aromatic carbocycles. The fourth-order valence-corrected chi connectivity index (χ4v) is 4.64. The van der Waals surface area contributed by atoms with Gasteiger partial charge in [0.05, 0.1) is 18.3 Å². The summed E-state index contributed by atoms with van der Waals surface area (Å²) in [6, 6.07) is 11.0. The molecular formula is C30H25F2N5O4. The molecule has 0 unspecified atom stereocenters. The fourth-order valence-electron chi connectivity index (χ4n) is 4.64. The number of nitrogens with two attached hydrogens (primary N) is 1. The largest absolute Gasteiger partial charge is 0.480 e. The van der Waals surface area contributed by atoms with Gasteiger partial charge in [-0.3, -0.25) is 14.6 Å². The molecule has 0 saturated carbocycles. The molecule has 5 rings (SSSR count). The number of benzene rings is 2. The van der Waals surface area contributed by atoms with Crippen LogP contribution in [0.25, 0.3) is 22.2 Å². The number of anilines is 2. The zero-order valence-corrected chi connectivity index (χ0v) is 22.6. The molecule has 0 fully saturated rings. The van der Waals surface area contributed by atoms with E-state index in [1.165, 1.54) is 49.7 Å². The lowest BCUT2D eigenvalue weighted by molar-refractivity contribution is 0.102. The summed E-state index contributed by atoms with van der Waals surface area (Å²) in [6.07, 6.45) is 1.47. The lowest BCUT2D eigenvalue weighted by Crippen LogP contribution is -2.26. The summed E-state index contributed by atoms with van der Waals surface area (Å²) in [7, 11) is 1.42. The van der Waals surface area contributed by atoms with Gasteiger partial charge < -0.3 is 25.5 Å². The van der Waals surface area contributed by atoms with Crippen molar-refractivity contribution < 1.29 is 23.0 Å². The number of fused-ring (bicyclic) bond motifs is 1. The Morgan fingerprint density at radius 3 is 2.49 bits per heavy atom. The van der Waals surface area contributed by atoms with Crippen LogP contribution >= 0.6 is 0 Å². The van der Waals surface area contributed by atoms with Crippen molar-refractivity contribution in [2.24, 2.45) is 0 Å². The van der Waals surface area contributed by atoms with Gasteiger partial charge in [0.2, 0.25) is 11.3 Å². The molecule has 0 saturated heterocycles. The van der Waals surface area contributed by atoms with Crippen molar-refractivity contribution >= 4 is 28.3 Å². The first-order valence-electron chi connectivity index (χ1n) is 12.4. The van der Waals surface area contributed by atoms with E-state index in [2.05, 4.69) is 20.3 Å². The van der Waals surface area contributed by atoms with E-state index in [-0.39, 0.29) is 34.2 Å². The quantitative estimate of drug-likeness (QED) is 0.240. The molecule has 1 amide bonds. The number of rotatable bonds is 6. The smallest absolute Gasteiger partial charge is 0.261 e. The van der Waals surface area contributed by atoms with Crippen molar-refractivity contribution in [3.63, 3.8) is 0 Å². The summed E-state index contributed by atoms with van der Waals surface area (Å²) in [5.41, 5.74) is 8.54. The highest BCUT2D eigenvalue weighted by atomic mass is 19.1. The molecule has 0 aliphatic carbocycles. The normalized spacial score (nSPS) is 11.0. The first-order chi connectivity index (χ1) is 19.6. The van der Waals surface area contributed by atoms with E-state index >= 15 is 4.39 Å². The molecule has 11 heteroatoms. The first-order valence-corrected chi connectivity index (χ1v) is 12.4. The van der Waals surface area contributed by atoms with Crippen molar-refractivity contribution in [3.05, 3.63) is 99.1 Å². The van der Waals surface area contributed by atoms with Gasteiger partial charge in [0.15, 0.2) is 17.3 Å². The zero-order valence-electron chi connectivity index (χ0n) is 22.6. The van der Waals surface area contributed by atoms with Crippen LogP contribution in [-0.4, -0.2) is 28.0 Å². The Balaban J connectivity index is 1.44. The minimum Gasteiger partial charge on any atom is -0.480 e. The number of pyridine rings is 3. The summed E-state index contributed by atoms with van der Waals surface area (Å²) in [6.45, 7) is 4.98. The van der Waals surface area contributed by atoms with E-state index in [9.17, 15) is 14.0 Å². The average molecular weight is 558 g/mol. The lowest BCUT2D eigenvalue weighted by Gasteiger charge is -2.14. The number of aryl methyl sites for hydroxylation is 3. The zero-order chi connectivity index (χ0) is 29.4. The topological polar surface area (TPSA) is 132 Å². The van der Waals surface area contributed by atoms with Gasteiger partial charge >= 0.3 is 0 Å². The molecule has 0 aliphatic heterocycles. The number of carbonyl (C=O) groups excluding carboxylic acids is 1. The van der Waals surface area contributed by atoms with Crippen molar-refractivity contribution in [3.8, 4) is 28.5 Å². The number of hydrogen-bond acceptors (Lipinski definition) is 7. The van der Waals surface area contributed by atoms with Gasteiger partial charge in [-0.15, -0.1) is 0 Å². The Kier molecular flexibility index (Phi) is 7.10. The van der Waals surface area contributed by atoms with Gasteiger partial charge in [-0.2, -0.15) is 0 Å². The second-order valence-electron chi connectivity index (χ2n) is 9.38. The van der Waals surface area contributed by atoms with Crippen LogP contribution in [-0.2, 0) is 0 Å². The van der Waals surface area contributed by atoms with Crippen LogP contribution in [0.2, 0.25) is 0 Å². The molecule has 3 aromatic heterocycles. The number of methoxy groups -OCH3 is 1. The Labute approximate surface area is 233 Å². The third kappa shape index (κ3) is 5.17. The second-order valence-corrected chi connectivity index (χ2v) is 9.38. The number of halogens is 2. The van der Waals surface area contributed by atoms with Crippen LogP contribution < -0.4 is 26.0 Å². The minimum absolute atomic E-state index is 0.103. The monoisotopic (exact) mass is 557 g/mol. The number of nitrogen functional groups attached to an aromatic ring is 1. The van der Waals surface area contributed by atoms with Gasteiger partial charge in [-0.1, -0.05) is 6.07 Å². The van der Waals surface area contributed by atoms with E-state index in [0.29, 0.717) is 39.2 Å². The molecule has 41 heavy (non-hydrogen) atoms. The summed E-state index contributed by atoms with van der Waals surface area (Å²) < 4.78 is 39.7. The maximum Gasteiger partial charge on any atom is 0.261 e. The highest BCUT2D eigenvalue weighted by Gasteiger charge is 2.22. The van der Waals surface area contributed by atoms with Gasteiger partial charge in [0.25, 0.3) is 5.91 Å². The molecular weight excluding hydrogens is 532 g/mol. The molecule has 0 aliphatic rings. The maximum absolute atomic E-state index is 15.1. The summed E-state index contributed by atoms with van der Waals surface area (Å²) in [5, 5.41) is 2.58. The van der Waals surface area contributed by atoms with E-state index < -0.39 is 23.0 Å². The van der Waals surface area contributed by atoms with Crippen molar-refractivity contribution in [1.82, 2.24) is 15.0 Å². The number of hydrogen-bond donors (Lipinski definition) is 3. The number of amides is 1. The van der Waals surface area contributed by atoms with Gasteiger partial charge in [-0.25, -0.2) is 13.8 Å². The Morgan fingerprint density at radius 2 is 1.78 bits per heavy atom. The second kappa shape index (κ2) is 10.7. The van der Waals surface area contributed by atoms with Crippen LogP contribution in [0.5, 0.6) is 17.4 Å². The maximum atomic E-state index is 15.1. The number of aromatic amines is 1. The highest BCUT2D eigenvalue weighted by Crippen LogP contribution is 2.33.